The number of benzene rings is 1. The number of hydrogen-bond donors (Lipinski definition) is 2. The second-order valence-corrected chi connectivity index (χ2v) is 4.03. The monoisotopic (exact) mass is 257 g/mol. The number of Topliss-reactive ketones (excluding diaryl/α,β-unsaturated/α-hetero) is 1. The molecule has 19 heavy (non-hydrogen) atoms. The molecule has 0 atom stereocenters. The predicted octanol–water partition coefficient (Wildman–Crippen LogP) is 2.62. The molecule has 0 aliphatic carbocycles. The first-order valence-corrected chi connectivity index (χ1v) is 5.78. The van der Waals surface area contributed by atoms with E-state index in [1.54, 1.807) is 43.6 Å². The number of methoxy groups -OCH3 is 1. The Hall–Kier alpha value is -2.56. The number of rotatable bonds is 4. The minimum Gasteiger partial charge on any atom is -0.497 e. The summed E-state index contributed by atoms with van der Waals surface area (Å²) in [5, 5.41) is 3.06. The van der Waals surface area contributed by atoms with Gasteiger partial charge in [0.25, 0.3) is 0 Å². The standard InChI is InChI=1S/C14H15N3O2/c1-9(18)11-4-3-7-16-14(11)17-13-6-5-10(19-2)8-12(13)15/h3-8H,15H2,1-2H3,(H,16,17). The van der Waals surface area contributed by atoms with Crippen molar-refractivity contribution >= 4 is 23.0 Å². The summed E-state index contributed by atoms with van der Waals surface area (Å²) in [5.74, 6) is 1.12. The molecule has 1 aromatic heterocycles. The number of carbonyl (C=O) groups is 1. The van der Waals surface area contributed by atoms with E-state index in [9.17, 15) is 4.79 Å². The molecule has 0 radical (unpaired) electrons. The van der Waals surface area contributed by atoms with E-state index in [2.05, 4.69) is 10.3 Å². The molecule has 98 valence electrons. The minimum absolute atomic E-state index is 0.0531. The number of carbonyl (C=O) groups excluding carboxylic acids is 1. The van der Waals surface area contributed by atoms with E-state index in [0.29, 0.717) is 28.5 Å². The fourth-order valence-electron chi connectivity index (χ4n) is 1.70. The lowest BCUT2D eigenvalue weighted by atomic mass is 10.2. The van der Waals surface area contributed by atoms with Crippen LogP contribution in [0.15, 0.2) is 36.5 Å². The van der Waals surface area contributed by atoms with Gasteiger partial charge in [0.15, 0.2) is 5.78 Å². The summed E-state index contributed by atoms with van der Waals surface area (Å²) in [6, 6.07) is 8.72. The molecule has 0 amide bonds. The van der Waals surface area contributed by atoms with Gasteiger partial charge in [0, 0.05) is 12.3 Å². The van der Waals surface area contributed by atoms with Gasteiger partial charge in [0.1, 0.15) is 11.6 Å². The molecule has 1 heterocycles. The van der Waals surface area contributed by atoms with E-state index >= 15 is 0 Å². The fraction of sp³-hybridized carbons (Fsp3) is 0.143. The Morgan fingerprint density at radius 2 is 2.16 bits per heavy atom. The normalized spacial score (nSPS) is 10.0. The average molecular weight is 257 g/mol. The van der Waals surface area contributed by atoms with Gasteiger partial charge in [0.2, 0.25) is 0 Å². The molecular formula is C14H15N3O2. The lowest BCUT2D eigenvalue weighted by molar-refractivity contribution is 0.101. The van der Waals surface area contributed by atoms with Crippen molar-refractivity contribution in [1.29, 1.82) is 0 Å². The molecule has 0 saturated carbocycles. The van der Waals surface area contributed by atoms with Crippen LogP contribution in [0.2, 0.25) is 0 Å². The Bertz CT molecular complexity index is 611. The first-order valence-electron chi connectivity index (χ1n) is 5.78. The Balaban J connectivity index is 2.34. The van der Waals surface area contributed by atoms with Crippen LogP contribution in [0.3, 0.4) is 0 Å². The van der Waals surface area contributed by atoms with Crippen LogP contribution in [0, 0.1) is 0 Å². The van der Waals surface area contributed by atoms with Gasteiger partial charge < -0.3 is 15.8 Å². The quantitative estimate of drug-likeness (QED) is 0.650. The molecule has 0 spiro atoms. The minimum atomic E-state index is -0.0531. The smallest absolute Gasteiger partial charge is 0.163 e. The van der Waals surface area contributed by atoms with Crippen molar-refractivity contribution in [3.05, 3.63) is 42.1 Å². The summed E-state index contributed by atoms with van der Waals surface area (Å²) in [7, 11) is 1.58. The van der Waals surface area contributed by atoms with E-state index < -0.39 is 0 Å². The van der Waals surface area contributed by atoms with Gasteiger partial charge in [-0.15, -0.1) is 0 Å². The maximum Gasteiger partial charge on any atom is 0.163 e. The van der Waals surface area contributed by atoms with Crippen molar-refractivity contribution < 1.29 is 9.53 Å². The van der Waals surface area contributed by atoms with Crippen LogP contribution >= 0.6 is 0 Å². The topological polar surface area (TPSA) is 77.2 Å². The molecule has 5 nitrogen and oxygen atoms in total. The summed E-state index contributed by atoms with van der Waals surface area (Å²) in [6.07, 6.45) is 1.62. The van der Waals surface area contributed by atoms with Crippen LogP contribution < -0.4 is 15.8 Å². The van der Waals surface area contributed by atoms with Crippen molar-refractivity contribution in [2.24, 2.45) is 0 Å². The number of anilines is 3. The van der Waals surface area contributed by atoms with Crippen molar-refractivity contribution in [2.75, 3.05) is 18.2 Å². The first kappa shape index (κ1) is 12.9. The first-order chi connectivity index (χ1) is 9.11. The Morgan fingerprint density at radius 1 is 1.37 bits per heavy atom. The number of ketones is 1. The van der Waals surface area contributed by atoms with Gasteiger partial charge in [0.05, 0.1) is 24.0 Å². The maximum absolute atomic E-state index is 11.5. The summed E-state index contributed by atoms with van der Waals surface area (Å²) < 4.78 is 5.08. The number of aromatic nitrogens is 1. The second-order valence-electron chi connectivity index (χ2n) is 4.03. The highest BCUT2D eigenvalue weighted by atomic mass is 16.5. The van der Waals surface area contributed by atoms with Gasteiger partial charge in [-0.1, -0.05) is 0 Å². The lowest BCUT2D eigenvalue weighted by Gasteiger charge is -2.12. The lowest BCUT2D eigenvalue weighted by Crippen LogP contribution is -2.04. The van der Waals surface area contributed by atoms with Crippen LogP contribution in [0.4, 0.5) is 17.2 Å². The highest BCUT2D eigenvalue weighted by Gasteiger charge is 2.09. The largest absolute Gasteiger partial charge is 0.497 e. The molecule has 0 fully saturated rings. The molecule has 0 aliphatic rings. The predicted molar refractivity (Wildman–Crippen MR) is 74.9 cm³/mol. The number of pyridine rings is 1. The van der Waals surface area contributed by atoms with Crippen LogP contribution in [0.25, 0.3) is 0 Å². The molecule has 5 heteroatoms. The molecule has 1 aromatic carbocycles. The van der Waals surface area contributed by atoms with Gasteiger partial charge in [-0.25, -0.2) is 4.98 Å². The van der Waals surface area contributed by atoms with Gasteiger partial charge in [-0.2, -0.15) is 0 Å². The Kier molecular flexibility index (Phi) is 3.66. The average Bonchev–Trinajstić information content (AvgIpc) is 2.41. The van der Waals surface area contributed by atoms with E-state index in [4.69, 9.17) is 10.5 Å². The summed E-state index contributed by atoms with van der Waals surface area (Å²) in [4.78, 5) is 15.7. The van der Waals surface area contributed by atoms with Crippen molar-refractivity contribution in [3.63, 3.8) is 0 Å². The van der Waals surface area contributed by atoms with Crippen molar-refractivity contribution in [2.45, 2.75) is 6.92 Å². The second kappa shape index (κ2) is 5.39. The van der Waals surface area contributed by atoms with E-state index in [1.807, 2.05) is 0 Å². The van der Waals surface area contributed by atoms with Gasteiger partial charge in [-0.05, 0) is 31.2 Å². The zero-order valence-corrected chi connectivity index (χ0v) is 10.8. The zero-order chi connectivity index (χ0) is 13.8. The zero-order valence-electron chi connectivity index (χ0n) is 10.8. The molecule has 2 rings (SSSR count). The third kappa shape index (κ3) is 2.82. The SMILES string of the molecule is COc1ccc(Nc2ncccc2C(C)=O)c(N)c1. The van der Waals surface area contributed by atoms with Crippen LogP contribution in [-0.4, -0.2) is 17.9 Å². The maximum atomic E-state index is 11.5. The van der Waals surface area contributed by atoms with Gasteiger partial charge >= 0.3 is 0 Å². The summed E-state index contributed by atoms with van der Waals surface area (Å²) >= 11 is 0. The Labute approximate surface area is 111 Å². The number of nitrogens with zero attached hydrogens (tertiary/aromatic N) is 1. The van der Waals surface area contributed by atoms with E-state index in [-0.39, 0.29) is 5.78 Å². The van der Waals surface area contributed by atoms with E-state index in [1.165, 1.54) is 6.92 Å². The number of hydrogen-bond acceptors (Lipinski definition) is 5. The molecule has 0 bridgehead atoms. The van der Waals surface area contributed by atoms with Crippen LogP contribution in [-0.2, 0) is 0 Å². The number of nitrogens with one attached hydrogen (secondary N) is 1. The van der Waals surface area contributed by atoms with Crippen LogP contribution in [0.5, 0.6) is 5.75 Å². The number of ether oxygens (including phenoxy) is 1. The fourth-order valence-corrected chi connectivity index (χ4v) is 1.70. The summed E-state index contributed by atoms with van der Waals surface area (Å²) in [5.41, 5.74) is 7.65. The third-order valence-corrected chi connectivity index (χ3v) is 2.70. The number of nitrogen functional groups attached to an aromatic ring is 1. The summed E-state index contributed by atoms with van der Waals surface area (Å²) in [6.45, 7) is 1.50. The molecule has 2 aromatic rings. The van der Waals surface area contributed by atoms with Crippen molar-refractivity contribution in [3.8, 4) is 5.75 Å². The molecule has 0 unspecified atom stereocenters. The molecule has 0 aliphatic heterocycles. The highest BCUT2D eigenvalue weighted by Crippen LogP contribution is 2.27. The molecule has 3 N–H and O–H groups in total. The Morgan fingerprint density at radius 3 is 2.79 bits per heavy atom. The third-order valence-electron chi connectivity index (χ3n) is 2.70. The van der Waals surface area contributed by atoms with Crippen molar-refractivity contribution in [1.82, 2.24) is 4.98 Å². The molecule has 0 saturated heterocycles. The highest BCUT2D eigenvalue weighted by molar-refractivity contribution is 5.99. The van der Waals surface area contributed by atoms with Gasteiger partial charge in [-0.3, -0.25) is 4.79 Å². The van der Waals surface area contributed by atoms with E-state index in [0.717, 1.165) is 0 Å². The van der Waals surface area contributed by atoms with Crippen LogP contribution in [0.1, 0.15) is 17.3 Å². The molecular weight excluding hydrogens is 242 g/mol. The number of nitrogens with two attached hydrogens (primary N) is 1.